The quantitative estimate of drug-likeness (QED) is 0.523. The Morgan fingerprint density at radius 3 is 2.58 bits per heavy atom. The number of hydrogen-bond acceptors (Lipinski definition) is 5. The van der Waals surface area contributed by atoms with Gasteiger partial charge in [0.25, 0.3) is 0 Å². The van der Waals surface area contributed by atoms with Crippen LogP contribution in [-0.2, 0) is 4.79 Å². The molecular weight excluding hydrogens is 180 g/mol. The molecule has 64 valence electrons. The highest BCUT2D eigenvalue weighted by Crippen LogP contribution is 2.13. The lowest BCUT2D eigenvalue weighted by molar-refractivity contribution is -0.133. The maximum absolute atomic E-state index is 10.1. The molecular formula is C6H6N2O3S. The summed E-state index contributed by atoms with van der Waals surface area (Å²) in [5, 5.41) is 17.4. The molecule has 1 rings (SSSR count). The second-order valence-electron chi connectivity index (χ2n) is 1.91. The Hall–Kier alpha value is -1.30. The average molecular weight is 186 g/mol. The van der Waals surface area contributed by atoms with Crippen LogP contribution in [0.2, 0.25) is 0 Å². The molecule has 2 N–H and O–H groups in total. The second-order valence-corrected chi connectivity index (χ2v) is 2.85. The minimum Gasteiger partial charge on any atom is -0.505 e. The summed E-state index contributed by atoms with van der Waals surface area (Å²) >= 11 is 1.00. The Bertz CT molecular complexity index is 275. The van der Waals surface area contributed by atoms with E-state index in [1.807, 2.05) is 0 Å². The van der Waals surface area contributed by atoms with Gasteiger partial charge in [-0.15, -0.1) is 0 Å². The summed E-state index contributed by atoms with van der Waals surface area (Å²) < 4.78 is 0. The van der Waals surface area contributed by atoms with Crippen molar-refractivity contribution in [3.8, 4) is 5.75 Å². The van der Waals surface area contributed by atoms with Gasteiger partial charge in [0.1, 0.15) is 0 Å². The van der Waals surface area contributed by atoms with Crippen molar-refractivity contribution in [2.75, 3.05) is 5.75 Å². The van der Waals surface area contributed by atoms with E-state index in [4.69, 9.17) is 10.2 Å². The van der Waals surface area contributed by atoms with Crippen molar-refractivity contribution in [2.45, 2.75) is 5.16 Å². The number of carbonyl (C=O) groups is 1. The van der Waals surface area contributed by atoms with Gasteiger partial charge in [0.15, 0.2) is 10.9 Å². The summed E-state index contributed by atoms with van der Waals surface area (Å²) in [5.74, 6) is -1.03. The van der Waals surface area contributed by atoms with Crippen molar-refractivity contribution in [1.29, 1.82) is 0 Å². The molecule has 1 aromatic heterocycles. The van der Waals surface area contributed by atoms with Crippen molar-refractivity contribution >= 4 is 17.7 Å². The van der Waals surface area contributed by atoms with E-state index in [0.29, 0.717) is 5.16 Å². The third kappa shape index (κ3) is 2.75. The highest BCUT2D eigenvalue weighted by molar-refractivity contribution is 7.99. The summed E-state index contributed by atoms with van der Waals surface area (Å²) in [6.45, 7) is 0. The number of carboxylic acid groups (broad SMARTS) is 1. The van der Waals surface area contributed by atoms with Gasteiger partial charge in [-0.05, 0) is 0 Å². The van der Waals surface area contributed by atoms with Crippen LogP contribution in [0.5, 0.6) is 5.75 Å². The molecule has 0 aliphatic rings. The zero-order valence-electron chi connectivity index (χ0n) is 5.97. The monoisotopic (exact) mass is 186 g/mol. The fourth-order valence-corrected chi connectivity index (χ4v) is 1.02. The average Bonchev–Trinajstić information content (AvgIpc) is 2.03. The SMILES string of the molecule is O=C(O)CSc1ncc(O)cn1. The summed E-state index contributed by atoms with van der Waals surface area (Å²) in [4.78, 5) is 17.5. The first-order valence-corrected chi connectivity index (χ1v) is 4.02. The minimum absolute atomic E-state index is 0.0327. The highest BCUT2D eigenvalue weighted by Gasteiger charge is 2.01. The molecule has 0 aromatic carbocycles. The van der Waals surface area contributed by atoms with Gasteiger partial charge in [0, 0.05) is 0 Å². The number of nitrogens with zero attached hydrogens (tertiary/aromatic N) is 2. The molecule has 1 aromatic rings. The van der Waals surface area contributed by atoms with Gasteiger partial charge in [-0.2, -0.15) is 0 Å². The summed E-state index contributed by atoms with van der Waals surface area (Å²) in [7, 11) is 0. The standard InChI is InChI=1S/C6H6N2O3S/c9-4-1-7-6(8-2-4)12-3-5(10)11/h1-2,9H,3H2,(H,10,11). The number of aromatic nitrogens is 2. The van der Waals surface area contributed by atoms with Crippen LogP contribution in [0.4, 0.5) is 0 Å². The summed E-state index contributed by atoms with van der Waals surface area (Å²) in [6.07, 6.45) is 2.44. The fraction of sp³-hybridized carbons (Fsp3) is 0.167. The third-order valence-electron chi connectivity index (χ3n) is 0.939. The molecule has 0 unspecified atom stereocenters. The first-order valence-electron chi connectivity index (χ1n) is 3.04. The first-order chi connectivity index (χ1) is 5.68. The molecule has 12 heavy (non-hydrogen) atoms. The maximum atomic E-state index is 10.1. The summed E-state index contributed by atoms with van der Waals surface area (Å²) in [6, 6.07) is 0. The number of aliphatic carboxylic acids is 1. The third-order valence-corrected chi connectivity index (χ3v) is 1.80. The Morgan fingerprint density at radius 1 is 1.50 bits per heavy atom. The minimum atomic E-state index is -0.920. The van der Waals surface area contributed by atoms with Crippen LogP contribution in [0.25, 0.3) is 0 Å². The normalized spacial score (nSPS) is 9.67. The molecule has 0 fully saturated rings. The Kier molecular flexibility index (Phi) is 2.87. The van der Waals surface area contributed by atoms with Crippen LogP contribution < -0.4 is 0 Å². The molecule has 0 aliphatic carbocycles. The van der Waals surface area contributed by atoms with E-state index in [2.05, 4.69) is 9.97 Å². The van der Waals surface area contributed by atoms with Crippen LogP contribution in [0.1, 0.15) is 0 Å². The molecule has 1 heterocycles. The van der Waals surface area contributed by atoms with Gasteiger partial charge in [0.05, 0.1) is 18.1 Å². The lowest BCUT2D eigenvalue weighted by Crippen LogP contribution is -1.98. The largest absolute Gasteiger partial charge is 0.505 e. The van der Waals surface area contributed by atoms with Gasteiger partial charge in [-0.3, -0.25) is 4.79 Å². The van der Waals surface area contributed by atoms with Crippen LogP contribution in [0.15, 0.2) is 17.6 Å². The van der Waals surface area contributed by atoms with E-state index in [1.165, 1.54) is 12.4 Å². The zero-order chi connectivity index (χ0) is 8.97. The molecule has 0 radical (unpaired) electrons. The van der Waals surface area contributed by atoms with Crippen molar-refractivity contribution in [3.05, 3.63) is 12.4 Å². The molecule has 5 nitrogen and oxygen atoms in total. The van der Waals surface area contributed by atoms with Crippen LogP contribution in [0, 0.1) is 0 Å². The number of hydrogen-bond donors (Lipinski definition) is 2. The molecule has 0 atom stereocenters. The maximum Gasteiger partial charge on any atom is 0.313 e. The predicted molar refractivity (Wildman–Crippen MR) is 42.1 cm³/mol. The van der Waals surface area contributed by atoms with Gasteiger partial charge >= 0.3 is 5.97 Å². The van der Waals surface area contributed by atoms with Crippen molar-refractivity contribution < 1.29 is 15.0 Å². The van der Waals surface area contributed by atoms with Gasteiger partial charge in [0.2, 0.25) is 0 Å². The predicted octanol–water partition coefficient (Wildman–Crippen LogP) is 0.359. The number of carboxylic acids is 1. The molecule has 0 saturated carbocycles. The molecule has 6 heteroatoms. The van der Waals surface area contributed by atoms with E-state index >= 15 is 0 Å². The lowest BCUT2D eigenvalue weighted by atomic mass is 10.6. The topological polar surface area (TPSA) is 83.3 Å². The van der Waals surface area contributed by atoms with Crippen LogP contribution in [0.3, 0.4) is 0 Å². The van der Waals surface area contributed by atoms with Crippen LogP contribution in [-0.4, -0.2) is 31.9 Å². The Balaban J connectivity index is 2.53. The van der Waals surface area contributed by atoms with Gasteiger partial charge < -0.3 is 10.2 Å². The Morgan fingerprint density at radius 2 is 2.08 bits per heavy atom. The summed E-state index contributed by atoms with van der Waals surface area (Å²) in [5.41, 5.74) is 0. The van der Waals surface area contributed by atoms with Gasteiger partial charge in [-0.1, -0.05) is 11.8 Å². The van der Waals surface area contributed by atoms with Crippen molar-refractivity contribution in [3.63, 3.8) is 0 Å². The Labute approximate surface area is 72.5 Å². The molecule has 0 aliphatic heterocycles. The fourth-order valence-electron chi connectivity index (χ4n) is 0.510. The van der Waals surface area contributed by atoms with E-state index in [0.717, 1.165) is 11.8 Å². The van der Waals surface area contributed by atoms with E-state index < -0.39 is 5.97 Å². The molecule has 0 bridgehead atoms. The molecule has 0 spiro atoms. The van der Waals surface area contributed by atoms with E-state index in [1.54, 1.807) is 0 Å². The number of rotatable bonds is 3. The zero-order valence-corrected chi connectivity index (χ0v) is 6.78. The van der Waals surface area contributed by atoms with E-state index in [-0.39, 0.29) is 11.5 Å². The van der Waals surface area contributed by atoms with Crippen LogP contribution >= 0.6 is 11.8 Å². The smallest absolute Gasteiger partial charge is 0.313 e. The highest BCUT2D eigenvalue weighted by atomic mass is 32.2. The molecule has 0 amide bonds. The van der Waals surface area contributed by atoms with Crippen molar-refractivity contribution in [2.24, 2.45) is 0 Å². The lowest BCUT2D eigenvalue weighted by Gasteiger charge is -1.95. The number of thioether (sulfide) groups is 1. The van der Waals surface area contributed by atoms with Crippen molar-refractivity contribution in [1.82, 2.24) is 9.97 Å². The second kappa shape index (κ2) is 3.91. The number of aromatic hydroxyl groups is 1. The molecule has 0 saturated heterocycles. The van der Waals surface area contributed by atoms with E-state index in [9.17, 15) is 4.79 Å². The first kappa shape index (κ1) is 8.79. The van der Waals surface area contributed by atoms with Gasteiger partial charge in [-0.25, -0.2) is 9.97 Å².